The van der Waals surface area contributed by atoms with E-state index >= 15 is 0 Å². The predicted molar refractivity (Wildman–Crippen MR) is 46.2 cm³/mol. The number of halogens is 2. The Morgan fingerprint density at radius 3 is 1.90 bits per heavy atom. The summed E-state index contributed by atoms with van der Waals surface area (Å²) in [6, 6.07) is 0. The molecule has 58 valence electrons. The van der Waals surface area contributed by atoms with Crippen molar-refractivity contribution < 1.29 is 0 Å². The fourth-order valence-corrected chi connectivity index (χ4v) is 1.71. The monoisotopic (exact) mass is 178 g/mol. The van der Waals surface area contributed by atoms with Crippen molar-refractivity contribution in [3.8, 4) is 0 Å². The SMILES string of the molecule is C[C@@H]1[C@@H](C=C(Cl)Cl)C1(C)C. The highest BCUT2D eigenvalue weighted by molar-refractivity contribution is 6.55. The summed E-state index contributed by atoms with van der Waals surface area (Å²) >= 11 is 11.1. The van der Waals surface area contributed by atoms with E-state index in [1.54, 1.807) is 0 Å². The van der Waals surface area contributed by atoms with Crippen LogP contribution >= 0.6 is 23.2 Å². The van der Waals surface area contributed by atoms with Crippen LogP contribution in [0.2, 0.25) is 0 Å². The quantitative estimate of drug-likeness (QED) is 0.576. The molecule has 0 spiro atoms. The Morgan fingerprint density at radius 1 is 1.40 bits per heavy atom. The fourth-order valence-electron chi connectivity index (χ4n) is 1.44. The Labute approximate surface area is 72.2 Å². The number of hydrogen-bond donors (Lipinski definition) is 0. The summed E-state index contributed by atoms with van der Waals surface area (Å²) in [6.45, 7) is 6.68. The largest absolute Gasteiger partial charge is 0.103 e. The van der Waals surface area contributed by atoms with E-state index in [4.69, 9.17) is 23.2 Å². The van der Waals surface area contributed by atoms with Gasteiger partial charge in [0.25, 0.3) is 0 Å². The highest BCUT2D eigenvalue weighted by atomic mass is 35.5. The molecule has 1 saturated carbocycles. The molecule has 1 fully saturated rings. The summed E-state index contributed by atoms with van der Waals surface area (Å²) < 4.78 is 0.405. The van der Waals surface area contributed by atoms with Crippen LogP contribution in [-0.4, -0.2) is 0 Å². The number of allylic oxidation sites excluding steroid dienone is 1. The summed E-state index contributed by atoms with van der Waals surface area (Å²) in [4.78, 5) is 0. The lowest BCUT2D eigenvalue weighted by Crippen LogP contribution is -1.86. The van der Waals surface area contributed by atoms with Crippen LogP contribution in [0.25, 0.3) is 0 Å². The maximum Gasteiger partial charge on any atom is 0.103 e. The standard InChI is InChI=1S/C8H12Cl2/c1-5-6(4-7(9)10)8(5,2)3/h4-6H,1-3H3/t5-,6-/m1/s1. The van der Waals surface area contributed by atoms with Gasteiger partial charge < -0.3 is 0 Å². The second-order valence-corrected chi connectivity index (χ2v) is 4.60. The van der Waals surface area contributed by atoms with Crippen molar-refractivity contribution in [3.05, 3.63) is 10.6 Å². The van der Waals surface area contributed by atoms with Crippen molar-refractivity contribution in [2.75, 3.05) is 0 Å². The Hall–Kier alpha value is 0.320. The second-order valence-electron chi connectivity index (χ2n) is 3.59. The van der Waals surface area contributed by atoms with Crippen LogP contribution < -0.4 is 0 Å². The summed E-state index contributed by atoms with van der Waals surface area (Å²) in [6.07, 6.45) is 1.94. The molecular formula is C8H12Cl2. The normalized spacial score (nSPS) is 35.3. The molecule has 0 heterocycles. The van der Waals surface area contributed by atoms with Crippen molar-refractivity contribution in [3.63, 3.8) is 0 Å². The molecule has 0 aromatic carbocycles. The van der Waals surface area contributed by atoms with Gasteiger partial charge in [-0.1, -0.05) is 50.0 Å². The molecule has 2 heteroatoms. The Morgan fingerprint density at radius 2 is 1.80 bits per heavy atom. The van der Waals surface area contributed by atoms with Gasteiger partial charge in [0.2, 0.25) is 0 Å². The summed E-state index contributed by atoms with van der Waals surface area (Å²) in [5.74, 6) is 1.30. The van der Waals surface area contributed by atoms with Crippen molar-refractivity contribution in [1.82, 2.24) is 0 Å². The van der Waals surface area contributed by atoms with Gasteiger partial charge in [-0.15, -0.1) is 0 Å². The minimum absolute atomic E-state index is 0.405. The summed E-state index contributed by atoms with van der Waals surface area (Å²) in [5.41, 5.74) is 0.412. The van der Waals surface area contributed by atoms with Gasteiger partial charge in [-0.25, -0.2) is 0 Å². The van der Waals surface area contributed by atoms with E-state index in [1.807, 2.05) is 6.08 Å². The van der Waals surface area contributed by atoms with Crippen LogP contribution in [0.5, 0.6) is 0 Å². The van der Waals surface area contributed by atoms with Crippen LogP contribution in [0.3, 0.4) is 0 Å². The Balaban J connectivity index is 2.58. The van der Waals surface area contributed by atoms with Crippen molar-refractivity contribution >= 4 is 23.2 Å². The second kappa shape index (κ2) is 2.42. The number of hydrogen-bond acceptors (Lipinski definition) is 0. The molecule has 0 N–H and O–H groups in total. The molecule has 1 aliphatic carbocycles. The van der Waals surface area contributed by atoms with Crippen LogP contribution in [0, 0.1) is 17.3 Å². The molecule has 0 nitrogen and oxygen atoms in total. The van der Waals surface area contributed by atoms with Gasteiger partial charge in [0.15, 0.2) is 0 Å². The average molecular weight is 179 g/mol. The maximum atomic E-state index is 5.53. The van der Waals surface area contributed by atoms with Crippen molar-refractivity contribution in [1.29, 1.82) is 0 Å². The van der Waals surface area contributed by atoms with Gasteiger partial charge in [-0.3, -0.25) is 0 Å². The van der Waals surface area contributed by atoms with Gasteiger partial charge in [0.1, 0.15) is 4.49 Å². The first-order valence-corrected chi connectivity index (χ1v) is 4.24. The predicted octanol–water partition coefficient (Wildman–Crippen LogP) is 3.60. The van der Waals surface area contributed by atoms with E-state index in [1.165, 1.54) is 0 Å². The van der Waals surface area contributed by atoms with Gasteiger partial charge in [-0.05, 0) is 17.3 Å². The average Bonchev–Trinajstić information content (AvgIpc) is 2.17. The van der Waals surface area contributed by atoms with E-state index in [2.05, 4.69) is 20.8 Å². The van der Waals surface area contributed by atoms with Crippen LogP contribution in [0.1, 0.15) is 20.8 Å². The molecule has 2 atom stereocenters. The molecule has 1 aliphatic rings. The third-order valence-corrected chi connectivity index (χ3v) is 3.02. The van der Waals surface area contributed by atoms with Crippen molar-refractivity contribution in [2.45, 2.75) is 20.8 Å². The molecule has 0 aromatic heterocycles. The molecule has 0 saturated heterocycles. The van der Waals surface area contributed by atoms with Crippen molar-refractivity contribution in [2.24, 2.45) is 17.3 Å². The third kappa shape index (κ3) is 1.33. The van der Waals surface area contributed by atoms with E-state index in [9.17, 15) is 0 Å². The molecular weight excluding hydrogens is 167 g/mol. The molecule has 0 bridgehead atoms. The zero-order valence-corrected chi connectivity index (χ0v) is 8.00. The van der Waals surface area contributed by atoms with E-state index in [-0.39, 0.29) is 0 Å². The van der Waals surface area contributed by atoms with Crippen LogP contribution in [0.4, 0.5) is 0 Å². The lowest BCUT2D eigenvalue weighted by atomic mass is 10.1. The van der Waals surface area contributed by atoms with E-state index in [0.29, 0.717) is 15.8 Å². The molecule has 0 aromatic rings. The van der Waals surface area contributed by atoms with Crippen LogP contribution in [0.15, 0.2) is 10.6 Å². The van der Waals surface area contributed by atoms with Gasteiger partial charge in [-0.2, -0.15) is 0 Å². The van der Waals surface area contributed by atoms with Gasteiger partial charge in [0, 0.05) is 0 Å². The summed E-state index contributed by atoms with van der Waals surface area (Å²) in [5, 5.41) is 0. The molecule has 0 aliphatic heterocycles. The first-order chi connectivity index (χ1) is 4.46. The maximum absolute atomic E-state index is 5.53. The fraction of sp³-hybridized carbons (Fsp3) is 0.750. The Kier molecular flexibility index (Phi) is 2.04. The highest BCUT2D eigenvalue weighted by Crippen LogP contribution is 2.59. The van der Waals surface area contributed by atoms with Crippen LogP contribution in [-0.2, 0) is 0 Å². The lowest BCUT2D eigenvalue weighted by Gasteiger charge is -1.95. The number of rotatable bonds is 1. The minimum Gasteiger partial charge on any atom is -0.0712 e. The zero-order chi connectivity index (χ0) is 7.94. The first kappa shape index (κ1) is 8.42. The Bertz CT molecular complexity index is 166. The highest BCUT2D eigenvalue weighted by Gasteiger charge is 2.52. The lowest BCUT2D eigenvalue weighted by molar-refractivity contribution is 0.570. The summed E-state index contributed by atoms with van der Waals surface area (Å²) in [7, 11) is 0. The zero-order valence-electron chi connectivity index (χ0n) is 6.49. The van der Waals surface area contributed by atoms with Gasteiger partial charge in [0.05, 0.1) is 0 Å². The molecule has 1 rings (SSSR count). The third-order valence-electron chi connectivity index (χ3n) is 2.77. The van der Waals surface area contributed by atoms with Gasteiger partial charge >= 0.3 is 0 Å². The minimum atomic E-state index is 0.405. The molecule has 0 radical (unpaired) electrons. The smallest absolute Gasteiger partial charge is 0.0712 e. The molecule has 0 amide bonds. The van der Waals surface area contributed by atoms with E-state index in [0.717, 1.165) is 5.92 Å². The molecule has 10 heavy (non-hydrogen) atoms. The molecule has 0 unspecified atom stereocenters. The first-order valence-electron chi connectivity index (χ1n) is 3.49. The topological polar surface area (TPSA) is 0 Å². The van der Waals surface area contributed by atoms with E-state index < -0.39 is 0 Å².